The molecule has 1 heterocycles. The lowest BCUT2D eigenvalue weighted by Gasteiger charge is -2.04. The van der Waals surface area contributed by atoms with Crippen LogP contribution in [0.1, 0.15) is 5.69 Å². The predicted octanol–water partition coefficient (Wildman–Crippen LogP) is 5.97. The fourth-order valence-corrected chi connectivity index (χ4v) is 2.53. The van der Waals surface area contributed by atoms with E-state index in [-0.39, 0.29) is 5.75 Å². The minimum Gasteiger partial charge on any atom is -0.506 e. The molecule has 0 spiro atoms. The van der Waals surface area contributed by atoms with Gasteiger partial charge >= 0.3 is 0 Å². The number of aromatic nitrogens is 1. The van der Waals surface area contributed by atoms with Crippen molar-refractivity contribution in [3.8, 4) is 5.75 Å². The molecule has 0 bridgehead atoms. The van der Waals surface area contributed by atoms with Crippen LogP contribution in [0.5, 0.6) is 5.75 Å². The molecule has 1 N–H and O–H groups in total. The Morgan fingerprint density at radius 2 is 1.68 bits per heavy atom. The first-order valence-electron chi connectivity index (χ1n) is 6.51. The van der Waals surface area contributed by atoms with Crippen LogP contribution < -0.4 is 0 Å². The fourth-order valence-electron chi connectivity index (χ4n) is 2.06. The molecule has 0 fully saturated rings. The molecule has 0 amide bonds. The summed E-state index contributed by atoms with van der Waals surface area (Å²) in [4.78, 5) is 4.32. The third-order valence-corrected chi connectivity index (χ3v) is 3.76. The van der Waals surface area contributed by atoms with Crippen LogP contribution >= 0.6 is 23.2 Å². The van der Waals surface area contributed by atoms with Gasteiger partial charge in [-0.2, -0.15) is 0 Å². The van der Waals surface area contributed by atoms with Gasteiger partial charge in [-0.1, -0.05) is 29.3 Å². The first-order valence-corrected chi connectivity index (χ1v) is 7.27. The molecule has 4 nitrogen and oxygen atoms in total. The smallest absolute Gasteiger partial charge is 0.141 e. The second-order valence-corrected chi connectivity index (χ2v) is 5.54. The highest BCUT2D eigenvalue weighted by Crippen LogP contribution is 2.36. The minimum absolute atomic E-state index is 0.105. The zero-order chi connectivity index (χ0) is 15.7. The number of benzene rings is 2. The van der Waals surface area contributed by atoms with E-state index in [0.717, 1.165) is 5.69 Å². The molecule has 0 aliphatic heterocycles. The van der Waals surface area contributed by atoms with E-state index in [0.29, 0.717) is 32.3 Å². The Morgan fingerprint density at radius 1 is 0.955 bits per heavy atom. The number of pyridine rings is 1. The summed E-state index contributed by atoms with van der Waals surface area (Å²) in [5, 5.41) is 19.8. The van der Waals surface area contributed by atoms with Gasteiger partial charge in [0.2, 0.25) is 0 Å². The lowest BCUT2D eigenvalue weighted by molar-refractivity contribution is 0.480. The summed E-state index contributed by atoms with van der Waals surface area (Å²) in [6, 6.07) is 12.0. The SMILES string of the molecule is Cc1ccc2c(N=Nc3c(Cl)cccc3Cl)ccc(O)c2n1. The second kappa shape index (κ2) is 5.91. The van der Waals surface area contributed by atoms with Crippen LogP contribution in [0.2, 0.25) is 10.0 Å². The zero-order valence-corrected chi connectivity index (χ0v) is 13.1. The maximum atomic E-state index is 9.92. The Bertz CT molecular complexity index is 874. The first kappa shape index (κ1) is 14.8. The highest BCUT2D eigenvalue weighted by atomic mass is 35.5. The highest BCUT2D eigenvalue weighted by Gasteiger charge is 2.08. The van der Waals surface area contributed by atoms with Crippen LogP contribution in [-0.2, 0) is 0 Å². The fraction of sp³-hybridized carbons (Fsp3) is 0.0625. The Labute approximate surface area is 137 Å². The van der Waals surface area contributed by atoms with E-state index in [1.54, 1.807) is 24.3 Å². The number of phenols is 1. The summed E-state index contributed by atoms with van der Waals surface area (Å²) >= 11 is 12.1. The van der Waals surface area contributed by atoms with Crippen molar-refractivity contribution in [2.24, 2.45) is 10.2 Å². The van der Waals surface area contributed by atoms with E-state index >= 15 is 0 Å². The van der Waals surface area contributed by atoms with Gasteiger partial charge in [-0.3, -0.25) is 0 Å². The van der Waals surface area contributed by atoms with Crippen LogP contribution in [0.4, 0.5) is 11.4 Å². The second-order valence-electron chi connectivity index (χ2n) is 4.72. The molecule has 2 aromatic carbocycles. The molecule has 22 heavy (non-hydrogen) atoms. The van der Waals surface area contributed by atoms with Gasteiger partial charge in [0, 0.05) is 11.1 Å². The molecule has 0 saturated heterocycles. The molecule has 3 aromatic rings. The largest absolute Gasteiger partial charge is 0.506 e. The van der Waals surface area contributed by atoms with Crippen molar-refractivity contribution in [3.05, 3.63) is 58.2 Å². The molecule has 3 rings (SSSR count). The van der Waals surface area contributed by atoms with Crippen LogP contribution in [0.15, 0.2) is 52.7 Å². The summed E-state index contributed by atoms with van der Waals surface area (Å²) in [5.41, 5.74) is 2.29. The summed E-state index contributed by atoms with van der Waals surface area (Å²) < 4.78 is 0. The van der Waals surface area contributed by atoms with Gasteiger partial charge in [-0.25, -0.2) is 4.98 Å². The Kier molecular flexibility index (Phi) is 3.96. The molecule has 110 valence electrons. The van der Waals surface area contributed by atoms with Crippen molar-refractivity contribution in [3.63, 3.8) is 0 Å². The van der Waals surface area contributed by atoms with E-state index in [4.69, 9.17) is 23.2 Å². The third-order valence-electron chi connectivity index (χ3n) is 3.15. The number of azo groups is 1. The van der Waals surface area contributed by atoms with E-state index < -0.39 is 0 Å². The highest BCUT2D eigenvalue weighted by molar-refractivity contribution is 6.38. The van der Waals surface area contributed by atoms with Crippen molar-refractivity contribution in [2.45, 2.75) is 6.92 Å². The van der Waals surface area contributed by atoms with Crippen LogP contribution in [-0.4, -0.2) is 10.1 Å². The van der Waals surface area contributed by atoms with Crippen molar-refractivity contribution >= 4 is 45.5 Å². The number of aromatic hydroxyl groups is 1. The topological polar surface area (TPSA) is 57.8 Å². The normalized spacial score (nSPS) is 11.4. The van der Waals surface area contributed by atoms with Gasteiger partial charge in [0.15, 0.2) is 0 Å². The van der Waals surface area contributed by atoms with Gasteiger partial charge in [0.05, 0.1) is 15.7 Å². The molecule has 0 unspecified atom stereocenters. The van der Waals surface area contributed by atoms with Crippen LogP contribution in [0, 0.1) is 6.92 Å². The number of phenolic OH excluding ortho intramolecular Hbond substituents is 1. The predicted molar refractivity (Wildman–Crippen MR) is 88.8 cm³/mol. The summed E-state index contributed by atoms with van der Waals surface area (Å²) in [6.07, 6.45) is 0. The van der Waals surface area contributed by atoms with Gasteiger partial charge in [-0.15, -0.1) is 10.2 Å². The van der Waals surface area contributed by atoms with Crippen molar-refractivity contribution in [2.75, 3.05) is 0 Å². The van der Waals surface area contributed by atoms with E-state index in [2.05, 4.69) is 15.2 Å². The maximum Gasteiger partial charge on any atom is 0.141 e. The molecule has 6 heteroatoms. The number of aryl methyl sites for hydroxylation is 1. The van der Waals surface area contributed by atoms with E-state index in [1.165, 1.54) is 6.07 Å². The quantitative estimate of drug-likeness (QED) is 0.588. The third kappa shape index (κ3) is 2.75. The number of halogens is 2. The average Bonchev–Trinajstić information content (AvgIpc) is 2.49. The number of rotatable bonds is 2. The van der Waals surface area contributed by atoms with Crippen LogP contribution in [0.3, 0.4) is 0 Å². The monoisotopic (exact) mass is 331 g/mol. The van der Waals surface area contributed by atoms with Gasteiger partial charge in [-0.05, 0) is 43.3 Å². The zero-order valence-electron chi connectivity index (χ0n) is 11.6. The van der Waals surface area contributed by atoms with Crippen molar-refractivity contribution in [1.82, 2.24) is 4.98 Å². The van der Waals surface area contributed by atoms with Gasteiger partial charge < -0.3 is 5.11 Å². The molecule has 0 atom stereocenters. The molecular weight excluding hydrogens is 321 g/mol. The maximum absolute atomic E-state index is 9.92. The standard InChI is InChI=1S/C16H11Cl2N3O/c1-9-5-6-10-13(7-8-14(22)15(10)19-9)20-21-16-11(17)3-2-4-12(16)18/h2-8,22H,1H3. The lowest BCUT2D eigenvalue weighted by atomic mass is 10.1. The van der Waals surface area contributed by atoms with E-state index in [1.807, 2.05) is 19.1 Å². The first-order chi connectivity index (χ1) is 10.6. The Balaban J connectivity index is 2.12. The molecular formula is C16H11Cl2N3O. The summed E-state index contributed by atoms with van der Waals surface area (Å²) in [6.45, 7) is 1.86. The number of hydrogen-bond donors (Lipinski definition) is 1. The molecule has 1 aromatic heterocycles. The molecule has 0 saturated carbocycles. The minimum atomic E-state index is 0.105. The average molecular weight is 332 g/mol. The van der Waals surface area contributed by atoms with Gasteiger partial charge in [0.1, 0.15) is 17.0 Å². The van der Waals surface area contributed by atoms with E-state index in [9.17, 15) is 5.11 Å². The van der Waals surface area contributed by atoms with Crippen molar-refractivity contribution < 1.29 is 5.11 Å². The number of hydrogen-bond acceptors (Lipinski definition) is 4. The Hall–Kier alpha value is -2.17. The Morgan fingerprint density at radius 3 is 2.41 bits per heavy atom. The lowest BCUT2D eigenvalue weighted by Crippen LogP contribution is -1.84. The molecule has 0 aliphatic carbocycles. The molecule has 0 aliphatic rings. The van der Waals surface area contributed by atoms with Crippen LogP contribution in [0.25, 0.3) is 10.9 Å². The van der Waals surface area contributed by atoms with Crippen molar-refractivity contribution in [1.29, 1.82) is 0 Å². The van der Waals surface area contributed by atoms with Gasteiger partial charge in [0.25, 0.3) is 0 Å². The number of nitrogens with zero attached hydrogens (tertiary/aromatic N) is 3. The number of fused-ring (bicyclic) bond motifs is 1. The summed E-state index contributed by atoms with van der Waals surface area (Å²) in [7, 11) is 0. The summed E-state index contributed by atoms with van der Waals surface area (Å²) in [5.74, 6) is 0.105. The molecule has 0 radical (unpaired) electrons.